The highest BCUT2D eigenvalue weighted by Gasteiger charge is 2.37. The van der Waals surface area contributed by atoms with Crippen LogP contribution in [0.15, 0.2) is 30.3 Å². The standard InChI is InChI=1S/C21H26N2O4/c1-13-5-8-19(23-14(2)6-7-15(23)3)18(9-13)21(26)22-12-17(27-4)10-16(22)11-20(24)25/h5-9,16-17H,10-12H2,1-4H3,(H,24,25). The number of carbonyl (C=O) groups excluding carboxylic acids is 1. The molecule has 1 N–H and O–H groups in total. The quantitative estimate of drug-likeness (QED) is 0.878. The molecule has 6 heteroatoms. The summed E-state index contributed by atoms with van der Waals surface area (Å²) in [5.74, 6) is -1.05. The molecule has 1 aliphatic rings. The fraction of sp³-hybridized carbons (Fsp3) is 0.429. The van der Waals surface area contributed by atoms with E-state index >= 15 is 0 Å². The first-order chi connectivity index (χ1) is 12.8. The fourth-order valence-electron chi connectivity index (χ4n) is 3.91. The first kappa shape index (κ1) is 19.2. The van der Waals surface area contributed by atoms with Crippen LogP contribution >= 0.6 is 0 Å². The van der Waals surface area contributed by atoms with Gasteiger partial charge in [0.2, 0.25) is 0 Å². The number of carboxylic acid groups (broad SMARTS) is 1. The minimum absolute atomic E-state index is 0.0751. The van der Waals surface area contributed by atoms with Crippen molar-refractivity contribution in [2.45, 2.75) is 45.8 Å². The summed E-state index contributed by atoms with van der Waals surface area (Å²) in [4.78, 5) is 26.4. The fourth-order valence-corrected chi connectivity index (χ4v) is 3.91. The third kappa shape index (κ3) is 3.76. The lowest BCUT2D eigenvalue weighted by atomic mass is 10.1. The summed E-state index contributed by atoms with van der Waals surface area (Å²) in [5, 5.41) is 9.24. The first-order valence-electron chi connectivity index (χ1n) is 9.13. The average molecular weight is 370 g/mol. The van der Waals surface area contributed by atoms with Gasteiger partial charge in [0, 0.05) is 31.1 Å². The summed E-state index contributed by atoms with van der Waals surface area (Å²) in [7, 11) is 1.60. The van der Waals surface area contributed by atoms with E-state index in [1.807, 2.05) is 51.1 Å². The maximum atomic E-state index is 13.5. The molecule has 1 amide bonds. The maximum Gasteiger partial charge on any atom is 0.305 e. The molecule has 3 rings (SSSR count). The second-order valence-corrected chi connectivity index (χ2v) is 7.27. The Hall–Kier alpha value is -2.60. The molecule has 27 heavy (non-hydrogen) atoms. The number of nitrogens with zero attached hydrogens (tertiary/aromatic N) is 2. The molecule has 0 radical (unpaired) electrons. The number of carboxylic acids is 1. The number of rotatable bonds is 5. The van der Waals surface area contributed by atoms with Gasteiger partial charge in [0.15, 0.2) is 0 Å². The van der Waals surface area contributed by atoms with Crippen LogP contribution in [0, 0.1) is 20.8 Å². The van der Waals surface area contributed by atoms with Gasteiger partial charge in [0.25, 0.3) is 5.91 Å². The van der Waals surface area contributed by atoms with Gasteiger partial charge in [0.05, 0.1) is 23.8 Å². The Bertz CT molecular complexity index is 852. The Balaban J connectivity index is 2.03. The SMILES string of the molecule is COC1CC(CC(=O)O)N(C(=O)c2cc(C)ccc2-n2c(C)ccc2C)C1. The Morgan fingerprint density at radius 2 is 1.81 bits per heavy atom. The van der Waals surface area contributed by atoms with Crippen molar-refractivity contribution < 1.29 is 19.4 Å². The highest BCUT2D eigenvalue weighted by molar-refractivity contribution is 5.98. The number of hydrogen-bond donors (Lipinski definition) is 1. The number of ether oxygens (including phenoxy) is 1. The third-order valence-electron chi connectivity index (χ3n) is 5.28. The number of aromatic nitrogens is 1. The summed E-state index contributed by atoms with van der Waals surface area (Å²) in [6.45, 7) is 6.37. The van der Waals surface area contributed by atoms with Gasteiger partial charge in [-0.15, -0.1) is 0 Å². The van der Waals surface area contributed by atoms with Crippen molar-refractivity contribution in [1.82, 2.24) is 9.47 Å². The largest absolute Gasteiger partial charge is 0.481 e. The predicted octanol–water partition coefficient (Wildman–Crippen LogP) is 3.11. The molecule has 2 heterocycles. The topological polar surface area (TPSA) is 71.8 Å². The molecule has 1 saturated heterocycles. The van der Waals surface area contributed by atoms with E-state index in [4.69, 9.17) is 4.74 Å². The Labute approximate surface area is 159 Å². The van der Waals surface area contributed by atoms with Gasteiger partial charge in [-0.25, -0.2) is 0 Å². The van der Waals surface area contributed by atoms with Crippen LogP contribution < -0.4 is 0 Å². The molecular weight excluding hydrogens is 344 g/mol. The van der Waals surface area contributed by atoms with Crippen LogP contribution in [0.4, 0.5) is 0 Å². The molecule has 0 saturated carbocycles. The number of likely N-dealkylation sites (tertiary alicyclic amines) is 1. The Kier molecular flexibility index (Phi) is 5.37. The number of carbonyl (C=O) groups is 2. The maximum absolute atomic E-state index is 13.5. The van der Waals surface area contributed by atoms with E-state index < -0.39 is 5.97 Å². The second-order valence-electron chi connectivity index (χ2n) is 7.27. The van der Waals surface area contributed by atoms with Crippen LogP contribution in [0.5, 0.6) is 0 Å². The number of amides is 1. The molecule has 1 aliphatic heterocycles. The summed E-state index contributed by atoms with van der Waals surface area (Å²) in [5.41, 5.74) is 4.49. The van der Waals surface area contributed by atoms with Gasteiger partial charge in [-0.1, -0.05) is 11.6 Å². The van der Waals surface area contributed by atoms with Gasteiger partial charge in [-0.3, -0.25) is 9.59 Å². The van der Waals surface area contributed by atoms with Crippen LogP contribution in [0.25, 0.3) is 5.69 Å². The molecule has 144 valence electrons. The van der Waals surface area contributed by atoms with E-state index in [1.165, 1.54) is 0 Å². The molecule has 0 bridgehead atoms. The average Bonchev–Trinajstić information content (AvgIpc) is 3.17. The van der Waals surface area contributed by atoms with Crippen LogP contribution in [-0.2, 0) is 9.53 Å². The highest BCUT2D eigenvalue weighted by Crippen LogP contribution is 2.28. The molecule has 1 fully saturated rings. The summed E-state index contributed by atoms with van der Waals surface area (Å²) >= 11 is 0. The number of hydrogen-bond acceptors (Lipinski definition) is 3. The van der Waals surface area contributed by atoms with Gasteiger partial charge >= 0.3 is 5.97 Å². The zero-order chi connectivity index (χ0) is 19.7. The van der Waals surface area contributed by atoms with E-state index in [0.29, 0.717) is 18.5 Å². The van der Waals surface area contributed by atoms with Crippen molar-refractivity contribution >= 4 is 11.9 Å². The molecule has 2 atom stereocenters. The lowest BCUT2D eigenvalue weighted by molar-refractivity contribution is -0.137. The van der Waals surface area contributed by atoms with Crippen molar-refractivity contribution in [3.05, 3.63) is 52.8 Å². The normalized spacial score (nSPS) is 19.5. The van der Waals surface area contributed by atoms with E-state index in [9.17, 15) is 14.7 Å². The molecule has 0 spiro atoms. The van der Waals surface area contributed by atoms with Crippen molar-refractivity contribution in [3.63, 3.8) is 0 Å². The molecule has 1 aromatic carbocycles. The molecule has 2 aromatic rings. The van der Waals surface area contributed by atoms with Crippen LogP contribution in [0.3, 0.4) is 0 Å². The van der Waals surface area contributed by atoms with Crippen LogP contribution in [0.1, 0.15) is 40.2 Å². The lowest BCUT2D eigenvalue weighted by Gasteiger charge is -2.25. The number of benzene rings is 1. The second kappa shape index (κ2) is 7.56. The van der Waals surface area contributed by atoms with Crippen molar-refractivity contribution in [2.24, 2.45) is 0 Å². The summed E-state index contributed by atoms with van der Waals surface area (Å²) in [6, 6.07) is 9.51. The Morgan fingerprint density at radius 3 is 2.41 bits per heavy atom. The zero-order valence-electron chi connectivity index (χ0n) is 16.2. The Morgan fingerprint density at radius 1 is 1.15 bits per heavy atom. The monoisotopic (exact) mass is 370 g/mol. The number of aliphatic carboxylic acids is 1. The van der Waals surface area contributed by atoms with E-state index in [2.05, 4.69) is 4.57 Å². The molecule has 1 aromatic heterocycles. The molecule has 2 unspecified atom stereocenters. The minimum Gasteiger partial charge on any atom is -0.481 e. The first-order valence-corrected chi connectivity index (χ1v) is 9.13. The highest BCUT2D eigenvalue weighted by atomic mass is 16.5. The van der Waals surface area contributed by atoms with Crippen LogP contribution in [0.2, 0.25) is 0 Å². The van der Waals surface area contributed by atoms with Crippen molar-refractivity contribution in [3.8, 4) is 5.69 Å². The summed E-state index contributed by atoms with van der Waals surface area (Å²) in [6.07, 6.45) is 0.326. The summed E-state index contributed by atoms with van der Waals surface area (Å²) < 4.78 is 7.47. The van der Waals surface area contributed by atoms with Gasteiger partial charge in [-0.05, 0) is 51.5 Å². The van der Waals surface area contributed by atoms with Gasteiger partial charge in [0.1, 0.15) is 0 Å². The van der Waals surface area contributed by atoms with Crippen LogP contribution in [-0.4, -0.2) is 52.3 Å². The lowest BCUT2D eigenvalue weighted by Crippen LogP contribution is -2.38. The van der Waals surface area contributed by atoms with Gasteiger partial charge < -0.3 is 19.3 Å². The predicted molar refractivity (Wildman–Crippen MR) is 102 cm³/mol. The van der Waals surface area contributed by atoms with Crippen molar-refractivity contribution in [2.75, 3.05) is 13.7 Å². The number of methoxy groups -OCH3 is 1. The zero-order valence-corrected chi connectivity index (χ0v) is 16.2. The minimum atomic E-state index is -0.906. The van der Waals surface area contributed by atoms with Crippen molar-refractivity contribution in [1.29, 1.82) is 0 Å². The third-order valence-corrected chi connectivity index (χ3v) is 5.28. The molecular formula is C21H26N2O4. The molecule has 6 nitrogen and oxygen atoms in total. The van der Waals surface area contributed by atoms with E-state index in [0.717, 1.165) is 22.6 Å². The van der Waals surface area contributed by atoms with E-state index in [1.54, 1.807) is 12.0 Å². The smallest absolute Gasteiger partial charge is 0.305 e. The molecule has 0 aliphatic carbocycles. The number of aryl methyl sites for hydroxylation is 3. The van der Waals surface area contributed by atoms with Gasteiger partial charge in [-0.2, -0.15) is 0 Å². The van der Waals surface area contributed by atoms with E-state index in [-0.39, 0.29) is 24.5 Å².